The third kappa shape index (κ3) is 4.73. The van der Waals surface area contributed by atoms with Gasteiger partial charge in [-0.2, -0.15) is 4.98 Å². The molecule has 0 bridgehead atoms. The molecule has 40 heavy (non-hydrogen) atoms. The molecule has 0 amide bonds. The van der Waals surface area contributed by atoms with Gasteiger partial charge in [0.05, 0.1) is 18.1 Å². The Balaban J connectivity index is 1.26. The number of methoxy groups -OCH3 is 1. The number of aromatic nitrogens is 6. The molecule has 2 N–H and O–H groups in total. The zero-order chi connectivity index (χ0) is 28.0. The summed E-state index contributed by atoms with van der Waals surface area (Å²) in [6.07, 6.45) is 5.46. The van der Waals surface area contributed by atoms with Gasteiger partial charge < -0.3 is 29.5 Å². The van der Waals surface area contributed by atoms with Crippen LogP contribution in [0.5, 0.6) is 0 Å². The summed E-state index contributed by atoms with van der Waals surface area (Å²) in [5.41, 5.74) is 2.47. The van der Waals surface area contributed by atoms with Crippen molar-refractivity contribution in [1.82, 2.24) is 29.7 Å². The van der Waals surface area contributed by atoms with Crippen LogP contribution >= 0.6 is 0 Å². The number of hydrogen-bond donors (Lipinski definition) is 2. The van der Waals surface area contributed by atoms with Crippen LogP contribution in [-0.2, 0) is 11.8 Å². The van der Waals surface area contributed by atoms with Gasteiger partial charge in [-0.1, -0.05) is 19.9 Å². The molecular formula is C29H37N9O2. The Kier molecular flexibility index (Phi) is 7.01. The van der Waals surface area contributed by atoms with Crippen LogP contribution in [0.4, 0.5) is 23.3 Å². The minimum Gasteiger partial charge on any atom is -0.389 e. The molecular weight excluding hydrogens is 506 g/mol. The summed E-state index contributed by atoms with van der Waals surface area (Å²) >= 11 is 0. The van der Waals surface area contributed by atoms with Crippen LogP contribution in [-0.4, -0.2) is 79.8 Å². The molecule has 0 saturated carbocycles. The number of ether oxygens (including phenoxy) is 1. The summed E-state index contributed by atoms with van der Waals surface area (Å²) in [7, 11) is 3.64. The molecule has 6 rings (SSSR count). The van der Waals surface area contributed by atoms with Crippen LogP contribution < -0.4 is 15.1 Å². The van der Waals surface area contributed by atoms with Gasteiger partial charge in [0, 0.05) is 63.3 Å². The zero-order valence-corrected chi connectivity index (χ0v) is 23.7. The van der Waals surface area contributed by atoms with Gasteiger partial charge in [0.2, 0.25) is 5.95 Å². The Bertz CT molecular complexity index is 1510. The lowest BCUT2D eigenvalue weighted by Gasteiger charge is -2.47. The predicted octanol–water partition coefficient (Wildman–Crippen LogP) is 3.60. The first kappa shape index (κ1) is 26.4. The van der Waals surface area contributed by atoms with Crippen molar-refractivity contribution in [3.05, 3.63) is 54.4 Å². The SMILES string of the molecule is CO[C@@H]1CCN(c2nccc(Nc3cc4c(C(C)C)ccc(N5CC(c6nncn6C)[C@@H]5C)c4cn3)n2)C[C@H]1O. The molecule has 2 fully saturated rings. The van der Waals surface area contributed by atoms with E-state index in [-0.39, 0.29) is 6.10 Å². The van der Waals surface area contributed by atoms with Gasteiger partial charge in [-0.25, -0.2) is 9.97 Å². The highest BCUT2D eigenvalue weighted by Crippen LogP contribution is 2.42. The molecule has 2 saturated heterocycles. The number of benzene rings is 1. The van der Waals surface area contributed by atoms with E-state index in [0.717, 1.165) is 36.5 Å². The van der Waals surface area contributed by atoms with Gasteiger partial charge >= 0.3 is 0 Å². The van der Waals surface area contributed by atoms with Gasteiger partial charge in [-0.15, -0.1) is 10.2 Å². The second-order valence-corrected chi connectivity index (χ2v) is 11.2. The van der Waals surface area contributed by atoms with Crippen LogP contribution in [0.25, 0.3) is 10.8 Å². The normalized spacial score (nSPS) is 23.1. The lowest BCUT2D eigenvalue weighted by molar-refractivity contribution is -0.0219. The maximum Gasteiger partial charge on any atom is 0.227 e. The largest absolute Gasteiger partial charge is 0.389 e. The fourth-order valence-electron chi connectivity index (χ4n) is 5.99. The van der Waals surface area contributed by atoms with Gasteiger partial charge in [-0.3, -0.25) is 0 Å². The van der Waals surface area contributed by atoms with Crippen LogP contribution in [0.15, 0.2) is 43.0 Å². The van der Waals surface area contributed by atoms with E-state index in [2.05, 4.69) is 64.4 Å². The molecule has 11 nitrogen and oxygen atoms in total. The molecule has 0 spiro atoms. The Morgan fingerprint density at radius 2 is 1.95 bits per heavy atom. The monoisotopic (exact) mass is 543 g/mol. The Morgan fingerprint density at radius 1 is 1.10 bits per heavy atom. The molecule has 2 aliphatic rings. The van der Waals surface area contributed by atoms with Gasteiger partial charge in [-0.05, 0) is 48.4 Å². The van der Waals surface area contributed by atoms with Gasteiger partial charge in [0.1, 0.15) is 23.8 Å². The number of piperidine rings is 1. The van der Waals surface area contributed by atoms with Crippen LogP contribution in [0.3, 0.4) is 0 Å². The summed E-state index contributed by atoms with van der Waals surface area (Å²) in [6.45, 7) is 8.73. The molecule has 5 heterocycles. The highest BCUT2D eigenvalue weighted by atomic mass is 16.5. The van der Waals surface area contributed by atoms with Crippen LogP contribution in [0, 0.1) is 0 Å². The number of anilines is 4. The van der Waals surface area contributed by atoms with Crippen molar-refractivity contribution in [3.8, 4) is 0 Å². The fraction of sp³-hybridized carbons (Fsp3) is 0.483. The standard InChI is InChI=1S/C29H37N9O2/c1-17(2)19-6-7-23(38-14-22(18(38)3)28-35-32-16-36(28)4)21-13-31-27(12-20(19)21)33-26-8-10-30-29(34-26)37-11-9-25(40-5)24(39)15-37/h6-8,10,12-13,16-18,22,24-25,39H,9,11,14-15H2,1-5H3,(H,30,31,33,34)/t18-,22?,24+,25+/m0/s1. The topological polar surface area (TPSA) is 117 Å². The molecule has 0 aliphatic carbocycles. The van der Waals surface area contributed by atoms with Gasteiger partial charge in [0.15, 0.2) is 0 Å². The van der Waals surface area contributed by atoms with E-state index in [4.69, 9.17) is 14.7 Å². The summed E-state index contributed by atoms with van der Waals surface area (Å²) in [4.78, 5) is 18.4. The quantitative estimate of drug-likeness (QED) is 0.358. The van der Waals surface area contributed by atoms with E-state index >= 15 is 0 Å². The number of aliphatic hydroxyl groups excluding tert-OH is 1. The third-order valence-corrected chi connectivity index (χ3v) is 8.39. The van der Waals surface area contributed by atoms with E-state index in [9.17, 15) is 5.11 Å². The Hall–Kier alpha value is -3.83. The summed E-state index contributed by atoms with van der Waals surface area (Å²) in [5.74, 6) is 3.69. The molecule has 1 aromatic carbocycles. The van der Waals surface area contributed by atoms with Crippen molar-refractivity contribution >= 4 is 34.0 Å². The second-order valence-electron chi connectivity index (χ2n) is 11.2. The summed E-state index contributed by atoms with van der Waals surface area (Å²) in [5, 5.41) is 24.5. The van der Waals surface area contributed by atoms with Crippen molar-refractivity contribution < 1.29 is 9.84 Å². The van der Waals surface area contributed by atoms with E-state index in [1.165, 1.54) is 16.6 Å². The number of rotatable bonds is 7. The predicted molar refractivity (Wildman–Crippen MR) is 155 cm³/mol. The first-order chi connectivity index (χ1) is 19.3. The van der Waals surface area contributed by atoms with E-state index in [1.807, 2.05) is 28.8 Å². The number of fused-ring (bicyclic) bond motifs is 1. The number of nitrogens with one attached hydrogen (secondary N) is 1. The highest BCUT2D eigenvalue weighted by molar-refractivity contribution is 5.98. The number of pyridine rings is 1. The van der Waals surface area contributed by atoms with E-state index < -0.39 is 6.10 Å². The summed E-state index contributed by atoms with van der Waals surface area (Å²) < 4.78 is 7.39. The molecule has 3 aromatic heterocycles. The molecule has 2 aliphatic heterocycles. The van der Waals surface area contributed by atoms with Crippen molar-refractivity contribution in [2.75, 3.05) is 41.9 Å². The minimum atomic E-state index is -0.574. The molecule has 0 radical (unpaired) electrons. The number of aryl methyl sites for hydroxylation is 1. The van der Waals surface area contributed by atoms with E-state index in [1.54, 1.807) is 19.6 Å². The highest BCUT2D eigenvalue weighted by Gasteiger charge is 2.40. The smallest absolute Gasteiger partial charge is 0.227 e. The maximum atomic E-state index is 10.4. The average Bonchev–Trinajstić information content (AvgIpc) is 3.37. The number of β-amino-alcohol motifs (C(OH)–C–C–N with tert-alkyl or cyclic N) is 1. The average molecular weight is 544 g/mol. The van der Waals surface area contributed by atoms with Crippen LogP contribution in [0.2, 0.25) is 0 Å². The number of hydrogen-bond acceptors (Lipinski definition) is 10. The lowest BCUT2D eigenvalue weighted by atomic mass is 9.86. The Morgan fingerprint density at radius 3 is 2.65 bits per heavy atom. The van der Waals surface area contributed by atoms with Crippen molar-refractivity contribution in [3.63, 3.8) is 0 Å². The van der Waals surface area contributed by atoms with Crippen LogP contribution in [0.1, 0.15) is 50.4 Å². The first-order valence-electron chi connectivity index (χ1n) is 13.9. The van der Waals surface area contributed by atoms with Crippen molar-refractivity contribution in [1.29, 1.82) is 0 Å². The van der Waals surface area contributed by atoms with Crippen molar-refractivity contribution in [2.45, 2.75) is 57.3 Å². The number of aliphatic hydroxyl groups is 1. The molecule has 4 aromatic rings. The first-order valence-corrected chi connectivity index (χ1v) is 13.9. The lowest BCUT2D eigenvalue weighted by Crippen LogP contribution is -2.54. The maximum absolute atomic E-state index is 10.4. The molecule has 1 unspecified atom stereocenters. The molecule has 4 atom stereocenters. The van der Waals surface area contributed by atoms with Gasteiger partial charge in [0.25, 0.3) is 0 Å². The van der Waals surface area contributed by atoms with E-state index in [0.29, 0.717) is 36.2 Å². The minimum absolute atomic E-state index is 0.156. The zero-order valence-electron chi connectivity index (χ0n) is 23.7. The fourth-order valence-corrected chi connectivity index (χ4v) is 5.99. The Labute approximate surface area is 234 Å². The second kappa shape index (κ2) is 10.6. The van der Waals surface area contributed by atoms with Crippen molar-refractivity contribution in [2.24, 2.45) is 7.05 Å². The summed E-state index contributed by atoms with van der Waals surface area (Å²) in [6, 6.07) is 8.73. The molecule has 210 valence electrons. The number of nitrogens with zero attached hydrogens (tertiary/aromatic N) is 8. The molecule has 11 heteroatoms. The third-order valence-electron chi connectivity index (χ3n) is 8.39.